The molecular weight excluding hydrogens is 158 g/mol. The van der Waals surface area contributed by atoms with E-state index in [-0.39, 0.29) is 0 Å². The highest BCUT2D eigenvalue weighted by Crippen LogP contribution is 2.00. The van der Waals surface area contributed by atoms with Crippen LogP contribution < -0.4 is 11.3 Å². The molecule has 1 heterocycles. The van der Waals surface area contributed by atoms with Crippen LogP contribution >= 0.6 is 12.2 Å². The minimum absolute atomic E-state index is 0.659. The lowest BCUT2D eigenvalue weighted by Gasteiger charge is -2.03. The van der Waals surface area contributed by atoms with Crippen LogP contribution in [0.3, 0.4) is 0 Å². The maximum Gasteiger partial charge on any atom is 0.0952 e. The van der Waals surface area contributed by atoms with Gasteiger partial charge in [-0.25, -0.2) is 0 Å². The number of hydrogen-bond acceptors (Lipinski definition) is 2. The molecule has 0 radical (unpaired) electrons. The summed E-state index contributed by atoms with van der Waals surface area (Å²) in [5.41, 5.74) is 3.61. The molecule has 0 spiro atoms. The van der Waals surface area contributed by atoms with Crippen LogP contribution in [0.15, 0.2) is 18.3 Å². The first kappa shape index (κ1) is 8.23. The molecule has 4 heteroatoms. The topological polar surface area (TPSA) is 43.0 Å². The molecule has 0 unspecified atom stereocenters. The van der Waals surface area contributed by atoms with Crippen molar-refractivity contribution in [3.05, 3.63) is 24.0 Å². The zero-order valence-electron chi connectivity index (χ0n) is 6.37. The van der Waals surface area contributed by atoms with Crippen LogP contribution in [0.25, 0.3) is 0 Å². The Morgan fingerprint density at radius 3 is 3.00 bits per heavy atom. The Hall–Kier alpha value is -0.870. The SMILES string of the molecule is Cn1cccc1CC(=S)NN. The molecule has 1 rings (SSSR count). The highest BCUT2D eigenvalue weighted by Gasteiger charge is 1.99. The summed E-state index contributed by atoms with van der Waals surface area (Å²) in [5.74, 6) is 5.14. The summed E-state index contributed by atoms with van der Waals surface area (Å²) in [6, 6.07) is 4.00. The maximum absolute atomic E-state index is 5.14. The largest absolute Gasteiger partial charge is 0.354 e. The first-order chi connectivity index (χ1) is 5.24. The molecule has 0 bridgehead atoms. The van der Waals surface area contributed by atoms with Gasteiger partial charge in [0.2, 0.25) is 0 Å². The summed E-state index contributed by atoms with van der Waals surface area (Å²) in [4.78, 5) is 0.659. The Morgan fingerprint density at radius 1 is 1.82 bits per heavy atom. The number of aryl methyl sites for hydroxylation is 1. The van der Waals surface area contributed by atoms with Crippen LogP contribution in [0.1, 0.15) is 5.69 Å². The summed E-state index contributed by atoms with van der Waals surface area (Å²) in [6.07, 6.45) is 2.68. The van der Waals surface area contributed by atoms with E-state index in [1.165, 1.54) is 0 Å². The van der Waals surface area contributed by atoms with E-state index in [1.54, 1.807) is 0 Å². The monoisotopic (exact) mass is 169 g/mol. The summed E-state index contributed by atoms with van der Waals surface area (Å²) in [7, 11) is 1.98. The summed E-state index contributed by atoms with van der Waals surface area (Å²) in [6.45, 7) is 0. The second-order valence-corrected chi connectivity index (χ2v) is 2.85. The fraction of sp³-hybridized carbons (Fsp3) is 0.286. The molecule has 60 valence electrons. The fourth-order valence-electron chi connectivity index (χ4n) is 0.896. The van der Waals surface area contributed by atoms with Crippen LogP contribution in [0, 0.1) is 0 Å². The molecule has 1 aromatic heterocycles. The first-order valence-corrected chi connectivity index (χ1v) is 3.74. The molecule has 0 aliphatic heterocycles. The van der Waals surface area contributed by atoms with Gasteiger partial charge in [0.05, 0.1) is 4.99 Å². The second kappa shape index (κ2) is 3.50. The fourth-order valence-corrected chi connectivity index (χ4v) is 1.04. The van der Waals surface area contributed by atoms with Crippen molar-refractivity contribution in [2.45, 2.75) is 6.42 Å². The van der Waals surface area contributed by atoms with Crippen molar-refractivity contribution in [3.8, 4) is 0 Å². The van der Waals surface area contributed by atoms with Crippen LogP contribution in [0.4, 0.5) is 0 Å². The molecule has 3 N–H and O–H groups in total. The highest BCUT2D eigenvalue weighted by molar-refractivity contribution is 7.80. The average Bonchev–Trinajstić information content (AvgIpc) is 2.37. The molecule has 0 aliphatic carbocycles. The van der Waals surface area contributed by atoms with Crippen LogP contribution in [-0.2, 0) is 13.5 Å². The average molecular weight is 169 g/mol. The van der Waals surface area contributed by atoms with Crippen molar-refractivity contribution < 1.29 is 0 Å². The van der Waals surface area contributed by atoms with E-state index < -0.39 is 0 Å². The number of hydrazine groups is 1. The molecule has 0 atom stereocenters. The molecule has 11 heavy (non-hydrogen) atoms. The Kier molecular flexibility index (Phi) is 2.62. The van der Waals surface area contributed by atoms with Gasteiger partial charge in [0.1, 0.15) is 0 Å². The van der Waals surface area contributed by atoms with Gasteiger partial charge in [0, 0.05) is 25.4 Å². The van der Waals surface area contributed by atoms with Crippen LogP contribution in [0.2, 0.25) is 0 Å². The number of thiocarbonyl (C=S) groups is 1. The Labute approximate surface area is 71.2 Å². The van der Waals surface area contributed by atoms with Gasteiger partial charge in [-0.05, 0) is 12.1 Å². The van der Waals surface area contributed by atoms with E-state index >= 15 is 0 Å². The van der Waals surface area contributed by atoms with E-state index in [4.69, 9.17) is 18.1 Å². The first-order valence-electron chi connectivity index (χ1n) is 3.33. The third kappa shape index (κ3) is 2.03. The Bertz CT molecular complexity index is 254. The van der Waals surface area contributed by atoms with Crippen LogP contribution in [-0.4, -0.2) is 9.56 Å². The third-order valence-corrected chi connectivity index (χ3v) is 1.82. The van der Waals surface area contributed by atoms with E-state index in [9.17, 15) is 0 Å². The van der Waals surface area contributed by atoms with Crippen molar-refractivity contribution in [1.29, 1.82) is 0 Å². The lowest BCUT2D eigenvalue weighted by molar-refractivity contribution is 0.858. The van der Waals surface area contributed by atoms with Gasteiger partial charge in [-0.2, -0.15) is 0 Å². The number of aromatic nitrogens is 1. The predicted octanol–water partition coefficient (Wildman–Crippen LogP) is 0.358. The molecule has 0 saturated heterocycles. The zero-order valence-corrected chi connectivity index (χ0v) is 7.19. The zero-order chi connectivity index (χ0) is 8.27. The lowest BCUT2D eigenvalue weighted by atomic mass is 10.3. The van der Waals surface area contributed by atoms with E-state index in [0.29, 0.717) is 11.4 Å². The van der Waals surface area contributed by atoms with Gasteiger partial charge in [0.15, 0.2) is 0 Å². The smallest absolute Gasteiger partial charge is 0.0952 e. The van der Waals surface area contributed by atoms with Gasteiger partial charge in [-0.3, -0.25) is 5.84 Å². The molecule has 0 saturated carbocycles. The summed E-state index contributed by atoms with van der Waals surface area (Å²) >= 11 is 4.91. The number of hydrogen-bond donors (Lipinski definition) is 2. The molecule has 0 fully saturated rings. The Balaban J connectivity index is 2.64. The van der Waals surface area contributed by atoms with Crippen molar-refractivity contribution in [1.82, 2.24) is 9.99 Å². The van der Waals surface area contributed by atoms with Gasteiger partial charge in [-0.15, -0.1) is 0 Å². The summed E-state index contributed by atoms with van der Waals surface area (Å²) < 4.78 is 2.02. The van der Waals surface area contributed by atoms with Gasteiger partial charge in [0.25, 0.3) is 0 Å². The number of nitrogens with one attached hydrogen (secondary N) is 1. The van der Waals surface area contributed by atoms with Crippen molar-refractivity contribution in [2.24, 2.45) is 12.9 Å². The third-order valence-electron chi connectivity index (χ3n) is 1.55. The molecule has 0 aliphatic rings. The predicted molar refractivity (Wildman–Crippen MR) is 49.0 cm³/mol. The standard InChI is InChI=1S/C7H11N3S/c1-10-4-2-3-6(10)5-7(11)9-8/h2-4H,5,8H2,1H3,(H,9,11). The summed E-state index contributed by atoms with van der Waals surface area (Å²) in [5, 5.41) is 0. The minimum atomic E-state index is 0.659. The molecule has 0 aromatic carbocycles. The van der Waals surface area contributed by atoms with Gasteiger partial charge < -0.3 is 9.99 Å². The van der Waals surface area contributed by atoms with E-state index in [2.05, 4.69) is 5.43 Å². The number of rotatable bonds is 2. The second-order valence-electron chi connectivity index (χ2n) is 2.35. The highest BCUT2D eigenvalue weighted by atomic mass is 32.1. The normalized spacial score (nSPS) is 9.64. The Morgan fingerprint density at radius 2 is 2.55 bits per heavy atom. The maximum atomic E-state index is 5.14. The molecule has 1 aromatic rings. The van der Waals surface area contributed by atoms with Gasteiger partial charge in [-0.1, -0.05) is 12.2 Å². The molecule has 0 amide bonds. The minimum Gasteiger partial charge on any atom is -0.354 e. The van der Waals surface area contributed by atoms with Crippen molar-refractivity contribution in [2.75, 3.05) is 0 Å². The number of nitrogens with two attached hydrogens (primary N) is 1. The van der Waals surface area contributed by atoms with Crippen molar-refractivity contribution >= 4 is 17.2 Å². The lowest BCUT2D eigenvalue weighted by Crippen LogP contribution is -2.30. The van der Waals surface area contributed by atoms with Gasteiger partial charge >= 0.3 is 0 Å². The van der Waals surface area contributed by atoms with E-state index in [1.807, 2.05) is 29.9 Å². The van der Waals surface area contributed by atoms with E-state index in [0.717, 1.165) is 5.69 Å². The molecule has 3 nitrogen and oxygen atoms in total. The van der Waals surface area contributed by atoms with Crippen LogP contribution in [0.5, 0.6) is 0 Å². The van der Waals surface area contributed by atoms with Crippen molar-refractivity contribution in [3.63, 3.8) is 0 Å². The quantitative estimate of drug-likeness (QED) is 0.381. The number of nitrogens with zero attached hydrogens (tertiary/aromatic N) is 1. The molecular formula is C7H11N3S.